The van der Waals surface area contributed by atoms with Crippen LogP contribution in [0.4, 0.5) is 5.69 Å². The van der Waals surface area contributed by atoms with Crippen molar-refractivity contribution in [1.82, 2.24) is 5.32 Å². The summed E-state index contributed by atoms with van der Waals surface area (Å²) in [6.07, 6.45) is 7.19. The van der Waals surface area contributed by atoms with Gasteiger partial charge in [-0.1, -0.05) is 0 Å². The molecule has 0 aromatic heterocycles. The lowest BCUT2D eigenvalue weighted by molar-refractivity contribution is 0.123. The van der Waals surface area contributed by atoms with Gasteiger partial charge in [0.25, 0.3) is 0 Å². The second-order valence-electron chi connectivity index (χ2n) is 7.77. The van der Waals surface area contributed by atoms with E-state index in [1.165, 1.54) is 25.7 Å². The van der Waals surface area contributed by atoms with Crippen molar-refractivity contribution in [3.63, 3.8) is 0 Å². The summed E-state index contributed by atoms with van der Waals surface area (Å²) in [6.45, 7) is 4.88. The first-order chi connectivity index (χ1) is 13.4. The summed E-state index contributed by atoms with van der Waals surface area (Å²) in [5.41, 5.74) is 0.964. The average molecular weight is 501 g/mol. The zero-order valence-corrected chi connectivity index (χ0v) is 18.8. The number of benzene rings is 1. The van der Waals surface area contributed by atoms with Gasteiger partial charge in [0, 0.05) is 44.5 Å². The molecule has 28 heavy (non-hydrogen) atoms. The molecular formula is C21H32IN3O3. The monoisotopic (exact) mass is 501 g/mol. The molecule has 6 nitrogen and oxygen atoms in total. The van der Waals surface area contributed by atoms with Crippen molar-refractivity contribution in [3.05, 3.63) is 18.2 Å². The van der Waals surface area contributed by atoms with Crippen LogP contribution in [0.2, 0.25) is 0 Å². The number of nitrogens with one attached hydrogen (secondary N) is 2. The summed E-state index contributed by atoms with van der Waals surface area (Å²) in [5, 5.41) is 6.85. The maximum atomic E-state index is 5.79. The van der Waals surface area contributed by atoms with Crippen LogP contribution in [0.3, 0.4) is 0 Å². The molecule has 0 saturated heterocycles. The second-order valence-corrected chi connectivity index (χ2v) is 7.77. The molecule has 0 unspecified atom stereocenters. The van der Waals surface area contributed by atoms with Gasteiger partial charge in [-0.2, -0.15) is 0 Å². The Morgan fingerprint density at radius 1 is 1.07 bits per heavy atom. The van der Waals surface area contributed by atoms with Gasteiger partial charge in [-0.15, -0.1) is 24.0 Å². The third kappa shape index (κ3) is 7.31. The van der Waals surface area contributed by atoms with Crippen LogP contribution in [0, 0.1) is 11.8 Å². The average Bonchev–Trinajstić information content (AvgIpc) is 3.57. The van der Waals surface area contributed by atoms with Crippen LogP contribution in [-0.2, 0) is 4.74 Å². The fourth-order valence-corrected chi connectivity index (χ4v) is 2.95. The number of fused-ring (bicyclic) bond motifs is 1. The lowest BCUT2D eigenvalue weighted by Gasteiger charge is -2.14. The number of anilines is 1. The molecule has 2 aliphatic carbocycles. The number of aliphatic imine (C=N–C) groups is 1. The minimum Gasteiger partial charge on any atom is -0.490 e. The van der Waals surface area contributed by atoms with Gasteiger partial charge in [-0.05, 0) is 56.1 Å². The third-order valence-corrected chi connectivity index (χ3v) is 5.02. The van der Waals surface area contributed by atoms with Crippen LogP contribution in [0.25, 0.3) is 0 Å². The molecule has 156 valence electrons. The number of guanidine groups is 1. The molecule has 0 radical (unpaired) electrons. The van der Waals surface area contributed by atoms with E-state index in [9.17, 15) is 0 Å². The quantitative estimate of drug-likeness (QED) is 0.232. The van der Waals surface area contributed by atoms with Crippen LogP contribution in [0.5, 0.6) is 11.5 Å². The largest absolute Gasteiger partial charge is 0.490 e. The van der Waals surface area contributed by atoms with Crippen LogP contribution in [-0.4, -0.2) is 45.5 Å². The molecular weight excluding hydrogens is 469 g/mol. The molecule has 0 spiro atoms. The standard InChI is InChI=1S/C21H31N3O3.HI/c1(10-25-15-17-5-6-17)9-22-21(23-14-16-3-4-16)24-18-7-8-19-20(13-18)27-12-2-11-26-19;/h7-8,13,16-17H,1-6,9-12,14-15H2,(H2,22,23,24);1H. The summed E-state index contributed by atoms with van der Waals surface area (Å²) in [5.74, 6) is 4.03. The Labute approximate surface area is 184 Å². The summed E-state index contributed by atoms with van der Waals surface area (Å²) < 4.78 is 17.2. The number of rotatable bonds is 9. The van der Waals surface area contributed by atoms with Crippen molar-refractivity contribution in [2.45, 2.75) is 38.5 Å². The number of halogens is 1. The van der Waals surface area contributed by atoms with Gasteiger partial charge in [0.05, 0.1) is 13.2 Å². The van der Waals surface area contributed by atoms with Crippen molar-refractivity contribution in [1.29, 1.82) is 0 Å². The minimum atomic E-state index is 0. The summed E-state index contributed by atoms with van der Waals surface area (Å²) in [7, 11) is 0. The van der Waals surface area contributed by atoms with E-state index in [-0.39, 0.29) is 24.0 Å². The van der Waals surface area contributed by atoms with Gasteiger partial charge in [-0.25, -0.2) is 0 Å². The molecule has 1 heterocycles. The van der Waals surface area contributed by atoms with E-state index in [4.69, 9.17) is 19.2 Å². The molecule has 2 fully saturated rings. The fraction of sp³-hybridized carbons (Fsp3) is 0.667. The van der Waals surface area contributed by atoms with Gasteiger partial charge in [0.1, 0.15) is 0 Å². The van der Waals surface area contributed by atoms with E-state index >= 15 is 0 Å². The highest BCUT2D eigenvalue weighted by molar-refractivity contribution is 14.0. The molecule has 1 aromatic carbocycles. The highest BCUT2D eigenvalue weighted by Crippen LogP contribution is 2.32. The lowest BCUT2D eigenvalue weighted by Crippen LogP contribution is -2.32. The minimum absolute atomic E-state index is 0. The molecule has 3 aliphatic rings. The Morgan fingerprint density at radius 2 is 1.86 bits per heavy atom. The van der Waals surface area contributed by atoms with E-state index in [0.29, 0.717) is 13.2 Å². The normalized spacial score (nSPS) is 18.8. The lowest BCUT2D eigenvalue weighted by atomic mass is 10.2. The first kappa shape index (κ1) is 21.5. The Morgan fingerprint density at radius 3 is 2.64 bits per heavy atom. The Balaban J connectivity index is 0.00000225. The Bertz CT molecular complexity index is 648. The fourth-order valence-electron chi connectivity index (χ4n) is 2.95. The molecule has 7 heteroatoms. The van der Waals surface area contributed by atoms with E-state index in [0.717, 1.165) is 74.1 Å². The molecule has 2 N–H and O–H groups in total. The molecule has 2 saturated carbocycles. The zero-order chi connectivity index (χ0) is 18.3. The van der Waals surface area contributed by atoms with Crippen molar-refractivity contribution in [2.24, 2.45) is 16.8 Å². The molecule has 4 rings (SSSR count). The third-order valence-electron chi connectivity index (χ3n) is 5.02. The highest BCUT2D eigenvalue weighted by Gasteiger charge is 2.21. The van der Waals surface area contributed by atoms with Crippen LogP contribution in [0.15, 0.2) is 23.2 Å². The predicted molar refractivity (Wildman–Crippen MR) is 122 cm³/mol. The SMILES string of the molecule is I.c1cc2c(cc1NC(=NCC1CC1)NCCCOCC1CC1)OCCCO2. The zero-order valence-electron chi connectivity index (χ0n) is 16.5. The van der Waals surface area contributed by atoms with Gasteiger partial charge in [-0.3, -0.25) is 4.99 Å². The predicted octanol–water partition coefficient (Wildman–Crippen LogP) is 4.05. The number of ether oxygens (including phenoxy) is 3. The highest BCUT2D eigenvalue weighted by atomic mass is 127. The Hall–Kier alpha value is -1.22. The first-order valence-electron chi connectivity index (χ1n) is 10.4. The number of hydrogen-bond acceptors (Lipinski definition) is 4. The van der Waals surface area contributed by atoms with Crippen molar-refractivity contribution >= 4 is 35.6 Å². The Kier molecular flexibility index (Phi) is 8.51. The van der Waals surface area contributed by atoms with E-state index in [1.54, 1.807) is 0 Å². The van der Waals surface area contributed by atoms with E-state index in [1.807, 2.05) is 18.2 Å². The van der Waals surface area contributed by atoms with Crippen molar-refractivity contribution in [2.75, 3.05) is 44.8 Å². The van der Waals surface area contributed by atoms with Gasteiger partial charge < -0.3 is 24.8 Å². The molecule has 1 aromatic rings. The summed E-state index contributed by atoms with van der Waals surface area (Å²) in [6, 6.07) is 5.97. The first-order valence-corrected chi connectivity index (χ1v) is 10.4. The molecule has 1 aliphatic heterocycles. The molecule has 0 atom stereocenters. The van der Waals surface area contributed by atoms with E-state index in [2.05, 4.69) is 10.6 Å². The number of nitrogens with zero attached hydrogens (tertiary/aromatic N) is 1. The summed E-state index contributed by atoms with van der Waals surface area (Å²) >= 11 is 0. The van der Waals surface area contributed by atoms with Crippen molar-refractivity contribution < 1.29 is 14.2 Å². The van der Waals surface area contributed by atoms with Gasteiger partial charge in [0.2, 0.25) is 0 Å². The van der Waals surface area contributed by atoms with Crippen LogP contribution in [0.1, 0.15) is 38.5 Å². The van der Waals surface area contributed by atoms with Crippen molar-refractivity contribution in [3.8, 4) is 11.5 Å². The van der Waals surface area contributed by atoms with E-state index < -0.39 is 0 Å². The smallest absolute Gasteiger partial charge is 0.195 e. The topological polar surface area (TPSA) is 64.1 Å². The second kappa shape index (κ2) is 11.1. The van der Waals surface area contributed by atoms with Gasteiger partial charge >= 0.3 is 0 Å². The van der Waals surface area contributed by atoms with Crippen LogP contribution >= 0.6 is 24.0 Å². The van der Waals surface area contributed by atoms with Gasteiger partial charge in [0.15, 0.2) is 17.5 Å². The molecule has 0 bridgehead atoms. The number of hydrogen-bond donors (Lipinski definition) is 2. The molecule has 0 amide bonds. The maximum absolute atomic E-state index is 5.79. The summed E-state index contributed by atoms with van der Waals surface area (Å²) in [4.78, 5) is 4.75. The maximum Gasteiger partial charge on any atom is 0.195 e. The van der Waals surface area contributed by atoms with Crippen LogP contribution < -0.4 is 20.1 Å².